The molecule has 1 aromatic carbocycles. The molecular formula is C18H29ClN4O2. The van der Waals surface area contributed by atoms with Crippen molar-refractivity contribution < 1.29 is 9.53 Å². The number of amides is 1. The quantitative estimate of drug-likeness (QED) is 0.752. The molecule has 0 atom stereocenters. The van der Waals surface area contributed by atoms with Crippen LogP contribution in [0.2, 0.25) is 5.02 Å². The van der Waals surface area contributed by atoms with Crippen molar-refractivity contribution in [2.75, 3.05) is 51.6 Å². The molecule has 1 heterocycles. The van der Waals surface area contributed by atoms with E-state index in [0.29, 0.717) is 28.6 Å². The average Bonchev–Trinajstić information content (AvgIpc) is 2.79. The van der Waals surface area contributed by atoms with E-state index in [2.05, 4.69) is 29.0 Å². The number of rotatable bonds is 6. The number of benzene rings is 1. The fourth-order valence-electron chi connectivity index (χ4n) is 3.10. The van der Waals surface area contributed by atoms with Crippen LogP contribution in [0.3, 0.4) is 0 Å². The molecule has 2 rings (SSSR count). The minimum atomic E-state index is -0.177. The van der Waals surface area contributed by atoms with E-state index in [1.165, 1.54) is 0 Å². The number of ether oxygens (including phenoxy) is 1. The van der Waals surface area contributed by atoms with E-state index in [1.54, 1.807) is 12.1 Å². The highest BCUT2D eigenvalue weighted by Crippen LogP contribution is 2.29. The van der Waals surface area contributed by atoms with Crippen molar-refractivity contribution in [2.45, 2.75) is 26.8 Å². The second-order valence-electron chi connectivity index (χ2n) is 6.26. The van der Waals surface area contributed by atoms with Gasteiger partial charge >= 0.3 is 0 Å². The van der Waals surface area contributed by atoms with Crippen molar-refractivity contribution in [3.05, 3.63) is 22.7 Å². The molecule has 0 saturated carbocycles. The number of hydrogen-bond donors (Lipinski definition) is 2. The normalized spacial score (nSPS) is 17.3. The summed E-state index contributed by atoms with van der Waals surface area (Å²) in [5.74, 6) is 0.291. The lowest BCUT2D eigenvalue weighted by Gasteiger charge is -2.25. The number of nitrogen functional groups attached to an aromatic ring is 1. The lowest BCUT2D eigenvalue weighted by atomic mass is 10.1. The van der Waals surface area contributed by atoms with E-state index in [9.17, 15) is 4.79 Å². The monoisotopic (exact) mass is 368 g/mol. The topological polar surface area (TPSA) is 70.8 Å². The Morgan fingerprint density at radius 3 is 2.36 bits per heavy atom. The fraction of sp³-hybridized carbons (Fsp3) is 0.611. The number of halogens is 1. The van der Waals surface area contributed by atoms with Crippen LogP contribution in [0.15, 0.2) is 12.1 Å². The second kappa shape index (κ2) is 9.27. The minimum absolute atomic E-state index is 0.0562. The molecule has 0 radical (unpaired) electrons. The highest BCUT2D eigenvalue weighted by atomic mass is 35.5. The van der Waals surface area contributed by atoms with Crippen LogP contribution in [0.1, 0.15) is 31.1 Å². The Labute approximate surface area is 155 Å². The molecule has 1 aliphatic heterocycles. The molecule has 0 spiro atoms. The second-order valence-corrected chi connectivity index (χ2v) is 6.67. The third-order valence-corrected chi connectivity index (χ3v) is 4.89. The van der Waals surface area contributed by atoms with Gasteiger partial charge in [0.1, 0.15) is 5.75 Å². The van der Waals surface area contributed by atoms with Crippen molar-refractivity contribution in [3.8, 4) is 5.75 Å². The zero-order valence-corrected chi connectivity index (χ0v) is 16.1. The molecule has 1 fully saturated rings. The van der Waals surface area contributed by atoms with Gasteiger partial charge in [-0.25, -0.2) is 0 Å². The van der Waals surface area contributed by atoms with Crippen LogP contribution in [0.5, 0.6) is 5.75 Å². The summed E-state index contributed by atoms with van der Waals surface area (Å²) in [6, 6.07) is 3.26. The van der Waals surface area contributed by atoms with Gasteiger partial charge in [0.25, 0.3) is 5.91 Å². The van der Waals surface area contributed by atoms with Crippen molar-refractivity contribution in [3.63, 3.8) is 0 Å². The molecule has 1 amide bonds. The van der Waals surface area contributed by atoms with E-state index in [-0.39, 0.29) is 11.9 Å². The molecule has 7 heteroatoms. The van der Waals surface area contributed by atoms with Crippen LogP contribution in [-0.2, 0) is 0 Å². The number of likely N-dealkylation sites (N-methyl/N-ethyl adjacent to an activating group) is 2. The largest absolute Gasteiger partial charge is 0.493 e. The first-order valence-corrected chi connectivity index (χ1v) is 9.33. The number of nitrogens with two attached hydrogens (primary N) is 1. The van der Waals surface area contributed by atoms with Gasteiger partial charge in [-0.1, -0.05) is 25.4 Å². The van der Waals surface area contributed by atoms with Crippen molar-refractivity contribution in [1.29, 1.82) is 0 Å². The molecule has 1 saturated heterocycles. The molecule has 0 unspecified atom stereocenters. The lowest BCUT2D eigenvalue weighted by molar-refractivity contribution is 0.0919. The molecule has 6 nitrogen and oxygen atoms in total. The van der Waals surface area contributed by atoms with Gasteiger partial charge in [0.2, 0.25) is 0 Å². The van der Waals surface area contributed by atoms with Crippen LogP contribution in [0.25, 0.3) is 0 Å². The Kier molecular flexibility index (Phi) is 7.35. The summed E-state index contributed by atoms with van der Waals surface area (Å²) in [7, 11) is 0. The summed E-state index contributed by atoms with van der Waals surface area (Å²) in [6.07, 6.45) is 0. The van der Waals surface area contributed by atoms with Gasteiger partial charge in [-0.15, -0.1) is 0 Å². The molecule has 1 aromatic rings. The Morgan fingerprint density at radius 1 is 1.24 bits per heavy atom. The molecule has 0 bridgehead atoms. The maximum atomic E-state index is 12.8. The summed E-state index contributed by atoms with van der Waals surface area (Å²) in [6.45, 7) is 12.3. The molecule has 0 aliphatic carbocycles. The van der Waals surface area contributed by atoms with Gasteiger partial charge in [-0.3, -0.25) is 4.79 Å². The molecule has 1 aliphatic rings. The molecular weight excluding hydrogens is 340 g/mol. The van der Waals surface area contributed by atoms with Crippen LogP contribution >= 0.6 is 11.6 Å². The number of anilines is 1. The summed E-state index contributed by atoms with van der Waals surface area (Å²) in [5, 5.41) is 3.51. The highest BCUT2D eigenvalue weighted by molar-refractivity contribution is 6.33. The third-order valence-electron chi connectivity index (χ3n) is 4.56. The first-order valence-electron chi connectivity index (χ1n) is 8.95. The van der Waals surface area contributed by atoms with Gasteiger partial charge in [0.05, 0.1) is 28.9 Å². The summed E-state index contributed by atoms with van der Waals surface area (Å²) >= 11 is 6.11. The van der Waals surface area contributed by atoms with Crippen molar-refractivity contribution >= 4 is 23.2 Å². The van der Waals surface area contributed by atoms with Gasteiger partial charge in [0, 0.05) is 32.2 Å². The molecule has 0 aromatic heterocycles. The maximum absolute atomic E-state index is 12.8. The van der Waals surface area contributed by atoms with Crippen LogP contribution < -0.4 is 15.8 Å². The molecule has 25 heavy (non-hydrogen) atoms. The molecule has 140 valence electrons. The minimum Gasteiger partial charge on any atom is -0.493 e. The zero-order valence-electron chi connectivity index (χ0n) is 15.3. The van der Waals surface area contributed by atoms with E-state index in [4.69, 9.17) is 22.1 Å². The number of nitrogens with one attached hydrogen (secondary N) is 1. The summed E-state index contributed by atoms with van der Waals surface area (Å²) in [4.78, 5) is 17.6. The van der Waals surface area contributed by atoms with Crippen molar-refractivity contribution in [1.82, 2.24) is 15.1 Å². The van der Waals surface area contributed by atoms with Gasteiger partial charge in [0.15, 0.2) is 0 Å². The zero-order chi connectivity index (χ0) is 18.4. The Bertz CT molecular complexity index is 583. The van der Waals surface area contributed by atoms with E-state index >= 15 is 0 Å². The predicted octanol–water partition coefficient (Wildman–Crippen LogP) is 2.08. The molecule has 3 N–H and O–H groups in total. The Balaban J connectivity index is 2.18. The van der Waals surface area contributed by atoms with Crippen LogP contribution in [-0.4, -0.2) is 67.6 Å². The number of nitrogens with zero attached hydrogens (tertiary/aromatic N) is 2. The smallest absolute Gasteiger partial charge is 0.255 e. The predicted molar refractivity (Wildman–Crippen MR) is 103 cm³/mol. The van der Waals surface area contributed by atoms with E-state index in [0.717, 1.165) is 39.3 Å². The number of hydrogen-bond acceptors (Lipinski definition) is 5. The Hall–Kier alpha value is -1.50. The van der Waals surface area contributed by atoms with E-state index < -0.39 is 0 Å². The standard InChI is InChI=1S/C18H29ClN4O2/c1-4-22-7-8-23(5-2)12-13(11-22)21-18(24)14-9-15(19)16(20)10-17(14)25-6-3/h9-10,13H,4-8,11-12,20H2,1-3H3,(H,21,24). The van der Waals surface area contributed by atoms with E-state index in [1.807, 2.05) is 6.92 Å². The van der Waals surface area contributed by atoms with Gasteiger partial charge in [-0.05, 0) is 26.1 Å². The van der Waals surface area contributed by atoms with Crippen LogP contribution in [0.4, 0.5) is 5.69 Å². The maximum Gasteiger partial charge on any atom is 0.255 e. The number of carbonyl (C=O) groups excluding carboxylic acids is 1. The Morgan fingerprint density at radius 2 is 1.84 bits per heavy atom. The lowest BCUT2D eigenvalue weighted by Crippen LogP contribution is -2.46. The van der Waals surface area contributed by atoms with Gasteiger partial charge in [-0.2, -0.15) is 0 Å². The first kappa shape index (κ1) is 19.8. The fourth-order valence-corrected chi connectivity index (χ4v) is 3.26. The average molecular weight is 369 g/mol. The first-order chi connectivity index (χ1) is 12.0. The SMILES string of the molecule is CCOc1cc(N)c(Cl)cc1C(=O)NC1CN(CC)CCN(CC)C1. The number of carbonyl (C=O) groups is 1. The highest BCUT2D eigenvalue weighted by Gasteiger charge is 2.24. The van der Waals surface area contributed by atoms with Crippen LogP contribution in [0, 0.1) is 0 Å². The van der Waals surface area contributed by atoms with Crippen molar-refractivity contribution in [2.24, 2.45) is 0 Å². The summed E-state index contributed by atoms with van der Waals surface area (Å²) in [5.41, 5.74) is 6.68. The third kappa shape index (κ3) is 5.23. The summed E-state index contributed by atoms with van der Waals surface area (Å²) < 4.78 is 5.57. The van der Waals surface area contributed by atoms with Gasteiger partial charge < -0.3 is 25.6 Å².